The van der Waals surface area contributed by atoms with Gasteiger partial charge in [0.2, 0.25) is 5.13 Å². The van der Waals surface area contributed by atoms with Crippen LogP contribution in [0, 0.1) is 22.9 Å². The van der Waals surface area contributed by atoms with Crippen molar-refractivity contribution < 1.29 is 14.1 Å². The lowest BCUT2D eigenvalue weighted by molar-refractivity contribution is -0.384. The average Bonchev–Trinajstić information content (AvgIpc) is 3.17. The summed E-state index contributed by atoms with van der Waals surface area (Å²) >= 11 is 1.30. The van der Waals surface area contributed by atoms with Crippen LogP contribution in [0.15, 0.2) is 71.8 Å². The SMILES string of the molecule is Cc1ccc2nc(N(/N=C/c3ccc(F)cc3)C(=O)c3ccc([N+](=O)[O-])cc3)sc2c1. The van der Waals surface area contributed by atoms with Crippen LogP contribution in [0.3, 0.4) is 0 Å². The first-order valence-corrected chi connectivity index (χ1v) is 9.98. The van der Waals surface area contributed by atoms with E-state index in [1.807, 2.05) is 25.1 Å². The van der Waals surface area contributed by atoms with Gasteiger partial charge in [-0.3, -0.25) is 14.9 Å². The first kappa shape index (κ1) is 20.3. The number of hydrazone groups is 1. The Bertz CT molecular complexity index is 1300. The molecule has 0 aliphatic carbocycles. The topological polar surface area (TPSA) is 88.7 Å². The molecule has 0 bridgehead atoms. The lowest BCUT2D eigenvalue weighted by atomic mass is 10.2. The van der Waals surface area contributed by atoms with Crippen LogP contribution < -0.4 is 5.01 Å². The van der Waals surface area contributed by atoms with Crippen molar-refractivity contribution in [2.45, 2.75) is 6.92 Å². The molecule has 31 heavy (non-hydrogen) atoms. The van der Waals surface area contributed by atoms with Crippen LogP contribution in [-0.2, 0) is 0 Å². The minimum absolute atomic E-state index is 0.117. The van der Waals surface area contributed by atoms with Crippen molar-refractivity contribution in [3.8, 4) is 0 Å². The number of hydrogen-bond donors (Lipinski definition) is 0. The maximum Gasteiger partial charge on any atom is 0.280 e. The largest absolute Gasteiger partial charge is 0.280 e. The lowest BCUT2D eigenvalue weighted by Gasteiger charge is -2.13. The van der Waals surface area contributed by atoms with Gasteiger partial charge >= 0.3 is 0 Å². The van der Waals surface area contributed by atoms with Crippen LogP contribution in [0.4, 0.5) is 15.2 Å². The second-order valence-electron chi connectivity index (χ2n) is 6.68. The number of non-ortho nitro benzene ring substituents is 1. The molecule has 0 aliphatic rings. The van der Waals surface area contributed by atoms with E-state index < -0.39 is 10.8 Å². The van der Waals surface area contributed by atoms with Crippen LogP contribution >= 0.6 is 11.3 Å². The third kappa shape index (κ3) is 4.46. The molecule has 0 saturated carbocycles. The van der Waals surface area contributed by atoms with E-state index >= 15 is 0 Å². The molecule has 1 aromatic heterocycles. The summed E-state index contributed by atoms with van der Waals surface area (Å²) in [6.45, 7) is 1.96. The van der Waals surface area contributed by atoms with Gasteiger partial charge < -0.3 is 0 Å². The van der Waals surface area contributed by atoms with E-state index in [-0.39, 0.29) is 17.1 Å². The molecule has 4 aromatic rings. The Kier molecular flexibility index (Phi) is 5.50. The summed E-state index contributed by atoms with van der Waals surface area (Å²) in [5.41, 5.74) is 2.49. The number of thiazole rings is 1. The molecule has 0 radical (unpaired) electrons. The summed E-state index contributed by atoms with van der Waals surface area (Å²) in [5.74, 6) is -0.874. The van der Waals surface area contributed by atoms with E-state index in [4.69, 9.17) is 0 Å². The fourth-order valence-electron chi connectivity index (χ4n) is 2.82. The molecule has 154 valence electrons. The maximum absolute atomic E-state index is 13.2. The number of rotatable bonds is 5. The van der Waals surface area contributed by atoms with Crippen molar-refractivity contribution in [1.82, 2.24) is 4.98 Å². The van der Waals surface area contributed by atoms with Crippen LogP contribution in [-0.4, -0.2) is 22.0 Å². The van der Waals surface area contributed by atoms with Gasteiger partial charge in [0.05, 0.1) is 21.4 Å². The molecule has 3 aromatic carbocycles. The van der Waals surface area contributed by atoms with E-state index in [0.717, 1.165) is 20.8 Å². The Morgan fingerprint density at radius 3 is 2.52 bits per heavy atom. The molecule has 1 heterocycles. The number of halogens is 1. The van der Waals surface area contributed by atoms with Crippen molar-refractivity contribution in [1.29, 1.82) is 0 Å². The van der Waals surface area contributed by atoms with Gasteiger partial charge in [-0.2, -0.15) is 10.1 Å². The van der Waals surface area contributed by atoms with E-state index in [0.29, 0.717) is 10.7 Å². The highest BCUT2D eigenvalue weighted by Crippen LogP contribution is 2.31. The molecular formula is C22H15FN4O3S. The molecule has 7 nitrogen and oxygen atoms in total. The monoisotopic (exact) mass is 434 g/mol. The molecule has 9 heteroatoms. The number of carbonyl (C=O) groups excluding carboxylic acids is 1. The van der Waals surface area contributed by atoms with Crippen molar-refractivity contribution >= 4 is 44.5 Å². The molecule has 0 spiro atoms. The summed E-state index contributed by atoms with van der Waals surface area (Å²) < 4.78 is 14.1. The predicted molar refractivity (Wildman–Crippen MR) is 118 cm³/mol. The zero-order chi connectivity index (χ0) is 22.0. The zero-order valence-corrected chi connectivity index (χ0v) is 17.0. The Morgan fingerprint density at radius 2 is 1.84 bits per heavy atom. The summed E-state index contributed by atoms with van der Waals surface area (Å²) in [5, 5.41) is 16.7. The highest BCUT2D eigenvalue weighted by molar-refractivity contribution is 7.22. The maximum atomic E-state index is 13.2. The third-order valence-electron chi connectivity index (χ3n) is 4.42. The van der Waals surface area contributed by atoms with E-state index in [9.17, 15) is 19.3 Å². The summed E-state index contributed by atoms with van der Waals surface area (Å²) in [4.78, 5) is 28.1. The number of aryl methyl sites for hydroxylation is 1. The number of aromatic nitrogens is 1. The molecule has 0 aliphatic heterocycles. The van der Waals surface area contributed by atoms with Crippen molar-refractivity contribution in [2.24, 2.45) is 5.10 Å². The van der Waals surface area contributed by atoms with Crippen molar-refractivity contribution in [3.05, 3.63) is 99.4 Å². The number of nitrogens with zero attached hydrogens (tertiary/aromatic N) is 4. The Labute approximate surface area is 180 Å². The minimum atomic E-state index is -0.533. The number of benzene rings is 3. The van der Waals surface area contributed by atoms with Gasteiger partial charge in [-0.15, -0.1) is 0 Å². The van der Waals surface area contributed by atoms with Gasteiger partial charge in [-0.1, -0.05) is 29.5 Å². The van der Waals surface area contributed by atoms with Crippen LogP contribution in [0.1, 0.15) is 21.5 Å². The van der Waals surface area contributed by atoms with Gasteiger partial charge in [0.1, 0.15) is 5.82 Å². The molecular weight excluding hydrogens is 419 g/mol. The number of anilines is 1. The molecule has 0 atom stereocenters. The normalized spacial score (nSPS) is 11.2. The second kappa shape index (κ2) is 8.41. The molecule has 1 amide bonds. The summed E-state index contributed by atoms with van der Waals surface area (Å²) in [7, 11) is 0. The number of carbonyl (C=O) groups is 1. The zero-order valence-electron chi connectivity index (χ0n) is 16.2. The highest BCUT2D eigenvalue weighted by atomic mass is 32.1. The van der Waals surface area contributed by atoms with Crippen molar-refractivity contribution in [2.75, 3.05) is 5.01 Å². The quantitative estimate of drug-likeness (QED) is 0.241. The molecule has 0 N–H and O–H groups in total. The van der Waals surface area contributed by atoms with Crippen molar-refractivity contribution in [3.63, 3.8) is 0 Å². The fourth-order valence-corrected chi connectivity index (χ4v) is 3.84. The number of nitro benzene ring substituents is 1. The lowest BCUT2D eigenvalue weighted by Crippen LogP contribution is -2.25. The summed E-state index contributed by atoms with van der Waals surface area (Å²) in [6, 6.07) is 16.7. The Balaban J connectivity index is 1.74. The van der Waals surface area contributed by atoms with Gasteiger partial charge in [0, 0.05) is 17.7 Å². The third-order valence-corrected chi connectivity index (χ3v) is 5.42. The van der Waals surface area contributed by atoms with Gasteiger partial charge in [0.15, 0.2) is 0 Å². The number of amides is 1. The van der Waals surface area contributed by atoms with Crippen LogP contribution in [0.5, 0.6) is 0 Å². The molecule has 0 unspecified atom stereocenters. The van der Waals surface area contributed by atoms with Crippen LogP contribution in [0.25, 0.3) is 10.2 Å². The average molecular weight is 434 g/mol. The predicted octanol–water partition coefficient (Wildman–Crippen LogP) is 5.33. The first-order valence-electron chi connectivity index (χ1n) is 9.16. The number of fused-ring (bicyclic) bond motifs is 1. The standard InChI is InChI=1S/C22H15FN4O3S/c1-14-2-11-19-20(12-14)31-22(25-19)26(24-13-15-3-7-17(23)8-4-15)21(28)16-5-9-18(10-6-16)27(29)30/h2-13H,1H3/b24-13+. The molecule has 0 saturated heterocycles. The molecule has 0 fully saturated rings. The van der Waals surface area contributed by atoms with Gasteiger partial charge in [-0.25, -0.2) is 9.37 Å². The second-order valence-corrected chi connectivity index (χ2v) is 7.69. The minimum Gasteiger partial charge on any atom is -0.267 e. The number of hydrogen-bond acceptors (Lipinski definition) is 6. The smallest absolute Gasteiger partial charge is 0.267 e. The molecule has 4 rings (SSSR count). The fraction of sp³-hybridized carbons (Fsp3) is 0.0455. The van der Waals surface area contributed by atoms with Gasteiger partial charge in [0.25, 0.3) is 11.6 Å². The number of nitro groups is 1. The highest BCUT2D eigenvalue weighted by Gasteiger charge is 2.22. The van der Waals surface area contributed by atoms with Crippen LogP contribution in [0.2, 0.25) is 0 Å². The van der Waals surface area contributed by atoms with E-state index in [1.165, 1.54) is 66.1 Å². The Morgan fingerprint density at radius 1 is 1.13 bits per heavy atom. The van der Waals surface area contributed by atoms with E-state index in [2.05, 4.69) is 10.1 Å². The first-order chi connectivity index (χ1) is 14.9. The van der Waals surface area contributed by atoms with E-state index in [1.54, 1.807) is 0 Å². The Hall–Kier alpha value is -3.98. The summed E-state index contributed by atoms with van der Waals surface area (Å²) in [6.07, 6.45) is 1.43. The van der Waals surface area contributed by atoms with Gasteiger partial charge in [-0.05, 0) is 54.4 Å².